The molecule has 3 aromatic rings. The number of carbonyl (C=O) groups excluding carboxylic acids is 2. The highest BCUT2D eigenvalue weighted by molar-refractivity contribution is 7.14. The lowest BCUT2D eigenvalue weighted by molar-refractivity contribution is -0.119. The number of hydrogen-bond acceptors (Lipinski definition) is 6. The highest BCUT2D eigenvalue weighted by Crippen LogP contribution is 2.28. The molecule has 0 bridgehead atoms. The third-order valence-corrected chi connectivity index (χ3v) is 5.03. The molecule has 3 rings (SSSR count). The van der Waals surface area contributed by atoms with Gasteiger partial charge in [-0.05, 0) is 20.8 Å². The molecule has 1 aromatic carbocycles. The summed E-state index contributed by atoms with van der Waals surface area (Å²) < 4.78 is 6.90. The number of ether oxygens (including phenoxy) is 1. The molecule has 0 saturated carbocycles. The zero-order valence-electron chi connectivity index (χ0n) is 15.6. The van der Waals surface area contributed by atoms with Crippen LogP contribution in [0.2, 0.25) is 0 Å². The Kier molecular flexibility index (Phi) is 5.36. The molecule has 1 amide bonds. The fourth-order valence-corrected chi connectivity index (χ4v) is 3.52. The maximum Gasteiger partial charge on any atom is 0.351 e. The lowest BCUT2D eigenvalue weighted by Crippen LogP contribution is -2.21. The monoisotopic (exact) mass is 384 g/mol. The molecular formula is C19H20N4O3S. The summed E-state index contributed by atoms with van der Waals surface area (Å²) >= 11 is 1.25. The Morgan fingerprint density at radius 2 is 1.89 bits per heavy atom. The van der Waals surface area contributed by atoms with Crippen LogP contribution in [0.25, 0.3) is 11.3 Å². The lowest BCUT2D eigenvalue weighted by Gasteiger charge is -2.07. The van der Waals surface area contributed by atoms with Crippen molar-refractivity contribution < 1.29 is 14.3 Å². The summed E-state index contributed by atoms with van der Waals surface area (Å²) in [6, 6.07) is 9.42. The summed E-state index contributed by atoms with van der Waals surface area (Å²) in [5.41, 5.74) is 3.58. The highest BCUT2D eigenvalue weighted by Gasteiger charge is 2.21. The molecule has 0 aliphatic heterocycles. The molecule has 0 unspecified atom stereocenters. The van der Waals surface area contributed by atoms with Crippen LogP contribution in [0.15, 0.2) is 30.3 Å². The number of anilines is 1. The smallest absolute Gasteiger partial charge is 0.351 e. The summed E-state index contributed by atoms with van der Waals surface area (Å²) in [5, 5.41) is 7.74. The second kappa shape index (κ2) is 7.71. The Balaban J connectivity index is 1.69. The van der Waals surface area contributed by atoms with Crippen LogP contribution >= 0.6 is 11.3 Å². The standard InChI is InChI=1S/C19H20N4O3S/c1-11-16(12(2)23(4)22-11)21-15(24)10-26-19(25)18-17(20-13(3)27-18)14-8-6-5-7-9-14/h5-9H,10H2,1-4H3,(H,21,24). The number of benzene rings is 1. The highest BCUT2D eigenvalue weighted by atomic mass is 32.1. The number of rotatable bonds is 5. The Bertz CT molecular complexity index is 992. The van der Waals surface area contributed by atoms with Crippen LogP contribution in [0.1, 0.15) is 26.1 Å². The van der Waals surface area contributed by atoms with E-state index in [9.17, 15) is 9.59 Å². The lowest BCUT2D eigenvalue weighted by atomic mass is 10.1. The summed E-state index contributed by atoms with van der Waals surface area (Å²) in [6.07, 6.45) is 0. The molecule has 0 spiro atoms. The van der Waals surface area contributed by atoms with Crippen molar-refractivity contribution in [1.29, 1.82) is 0 Å². The van der Waals surface area contributed by atoms with Gasteiger partial charge in [0.2, 0.25) is 0 Å². The predicted molar refractivity (Wildman–Crippen MR) is 104 cm³/mol. The maximum absolute atomic E-state index is 12.5. The largest absolute Gasteiger partial charge is 0.451 e. The topological polar surface area (TPSA) is 86.1 Å². The number of amides is 1. The maximum atomic E-state index is 12.5. The van der Waals surface area contributed by atoms with Gasteiger partial charge in [0.25, 0.3) is 5.91 Å². The predicted octanol–water partition coefficient (Wildman–Crippen LogP) is 3.26. The first-order chi connectivity index (χ1) is 12.9. The molecule has 140 valence electrons. The van der Waals surface area contributed by atoms with E-state index >= 15 is 0 Å². The van der Waals surface area contributed by atoms with Crippen LogP contribution in [-0.4, -0.2) is 33.2 Å². The van der Waals surface area contributed by atoms with E-state index in [0.29, 0.717) is 22.0 Å². The van der Waals surface area contributed by atoms with Crippen molar-refractivity contribution in [3.63, 3.8) is 0 Å². The van der Waals surface area contributed by atoms with Gasteiger partial charge in [0.15, 0.2) is 6.61 Å². The third kappa shape index (κ3) is 4.06. The zero-order chi connectivity index (χ0) is 19.6. The fraction of sp³-hybridized carbons (Fsp3) is 0.263. The summed E-state index contributed by atoms with van der Waals surface area (Å²) in [6.45, 7) is 5.11. The molecule has 7 nitrogen and oxygen atoms in total. The van der Waals surface area contributed by atoms with Crippen LogP contribution in [0, 0.1) is 20.8 Å². The number of hydrogen-bond donors (Lipinski definition) is 1. The molecule has 0 atom stereocenters. The SMILES string of the molecule is Cc1nc(-c2ccccc2)c(C(=O)OCC(=O)Nc2c(C)nn(C)c2C)s1. The molecule has 0 fully saturated rings. The van der Waals surface area contributed by atoms with Gasteiger partial charge in [-0.15, -0.1) is 11.3 Å². The summed E-state index contributed by atoms with van der Waals surface area (Å²) in [4.78, 5) is 29.5. The van der Waals surface area contributed by atoms with Gasteiger partial charge >= 0.3 is 5.97 Å². The molecule has 27 heavy (non-hydrogen) atoms. The van der Waals surface area contributed by atoms with Gasteiger partial charge in [0, 0.05) is 12.6 Å². The average Bonchev–Trinajstić information content (AvgIpc) is 3.15. The number of carbonyl (C=O) groups is 2. The van der Waals surface area contributed by atoms with Crippen molar-refractivity contribution in [2.45, 2.75) is 20.8 Å². The summed E-state index contributed by atoms with van der Waals surface area (Å²) in [7, 11) is 1.80. The average molecular weight is 384 g/mol. The first kappa shape index (κ1) is 18.8. The van der Waals surface area contributed by atoms with E-state index in [-0.39, 0.29) is 6.61 Å². The van der Waals surface area contributed by atoms with Crippen LogP contribution < -0.4 is 5.32 Å². The van der Waals surface area contributed by atoms with E-state index in [1.165, 1.54) is 11.3 Å². The van der Waals surface area contributed by atoms with Crippen LogP contribution in [-0.2, 0) is 16.6 Å². The van der Waals surface area contributed by atoms with E-state index in [4.69, 9.17) is 4.74 Å². The Hall–Kier alpha value is -3.00. The third-order valence-electron chi connectivity index (χ3n) is 4.07. The van der Waals surface area contributed by atoms with Crippen LogP contribution in [0.5, 0.6) is 0 Å². The van der Waals surface area contributed by atoms with Crippen molar-refractivity contribution in [3.05, 3.63) is 51.6 Å². The van der Waals surface area contributed by atoms with Crippen LogP contribution in [0.4, 0.5) is 5.69 Å². The Labute approximate surface area is 161 Å². The zero-order valence-corrected chi connectivity index (χ0v) is 16.4. The first-order valence-electron chi connectivity index (χ1n) is 8.37. The number of nitrogens with zero attached hydrogens (tertiary/aromatic N) is 3. The molecule has 2 aromatic heterocycles. The van der Waals surface area contributed by atoms with Gasteiger partial charge < -0.3 is 10.1 Å². The Morgan fingerprint density at radius 1 is 1.19 bits per heavy atom. The molecule has 2 heterocycles. The summed E-state index contributed by atoms with van der Waals surface area (Å²) in [5.74, 6) is -0.973. The van der Waals surface area contributed by atoms with Crippen molar-refractivity contribution in [2.75, 3.05) is 11.9 Å². The Morgan fingerprint density at radius 3 is 2.52 bits per heavy atom. The fourth-order valence-electron chi connectivity index (χ4n) is 2.68. The van der Waals surface area contributed by atoms with E-state index in [2.05, 4.69) is 15.4 Å². The minimum atomic E-state index is -0.561. The molecule has 0 aliphatic carbocycles. The van der Waals surface area contributed by atoms with Crippen molar-refractivity contribution in [2.24, 2.45) is 7.05 Å². The van der Waals surface area contributed by atoms with Gasteiger partial charge in [-0.1, -0.05) is 30.3 Å². The molecule has 0 radical (unpaired) electrons. The molecule has 0 saturated heterocycles. The molecule has 8 heteroatoms. The van der Waals surface area contributed by atoms with E-state index in [1.807, 2.05) is 44.2 Å². The minimum absolute atomic E-state index is 0.377. The van der Waals surface area contributed by atoms with Crippen molar-refractivity contribution in [1.82, 2.24) is 14.8 Å². The van der Waals surface area contributed by atoms with Crippen LogP contribution in [0.3, 0.4) is 0 Å². The van der Waals surface area contributed by atoms with Gasteiger partial charge in [-0.2, -0.15) is 5.10 Å². The molecular weight excluding hydrogens is 364 g/mol. The van der Waals surface area contributed by atoms with Crippen molar-refractivity contribution in [3.8, 4) is 11.3 Å². The molecule has 1 N–H and O–H groups in total. The second-order valence-electron chi connectivity index (χ2n) is 6.07. The number of aromatic nitrogens is 3. The normalized spacial score (nSPS) is 10.7. The van der Waals surface area contributed by atoms with Gasteiger partial charge in [-0.25, -0.2) is 9.78 Å². The second-order valence-corrected chi connectivity index (χ2v) is 7.27. The first-order valence-corrected chi connectivity index (χ1v) is 9.18. The molecule has 0 aliphatic rings. The van der Waals surface area contributed by atoms with Gasteiger partial charge in [-0.3, -0.25) is 9.48 Å². The van der Waals surface area contributed by atoms with Gasteiger partial charge in [0.1, 0.15) is 4.88 Å². The van der Waals surface area contributed by atoms with Gasteiger partial charge in [0.05, 0.1) is 27.8 Å². The number of esters is 1. The quantitative estimate of drug-likeness (QED) is 0.683. The van der Waals surface area contributed by atoms with E-state index < -0.39 is 11.9 Å². The van der Waals surface area contributed by atoms with Crippen molar-refractivity contribution >= 4 is 28.9 Å². The number of thiazole rings is 1. The van der Waals surface area contributed by atoms with E-state index in [0.717, 1.165) is 16.3 Å². The number of aryl methyl sites for hydroxylation is 3. The number of nitrogens with one attached hydrogen (secondary N) is 1. The minimum Gasteiger partial charge on any atom is -0.451 e. The van der Waals surface area contributed by atoms with E-state index in [1.54, 1.807) is 18.7 Å².